The third kappa shape index (κ3) is 3.51. The summed E-state index contributed by atoms with van der Waals surface area (Å²) in [6, 6.07) is 2.10. The molecule has 0 atom stereocenters. The minimum Gasteiger partial charge on any atom is -0.443 e. The standard InChI is InChI=1S/C11H13IN2O2S/c1-15-3-2-13-5-9-11(16-7-14-9)8-4-10(12)17-6-8/h4,6-7,13H,2-3,5H2,1H3. The molecule has 6 heteroatoms. The number of halogens is 1. The van der Waals surface area contributed by atoms with Gasteiger partial charge in [-0.3, -0.25) is 0 Å². The zero-order chi connectivity index (χ0) is 12.1. The Morgan fingerprint density at radius 3 is 3.18 bits per heavy atom. The lowest BCUT2D eigenvalue weighted by Gasteiger charge is -2.02. The molecule has 0 spiro atoms. The van der Waals surface area contributed by atoms with Crippen LogP contribution in [-0.4, -0.2) is 25.2 Å². The molecule has 92 valence electrons. The molecule has 0 bridgehead atoms. The van der Waals surface area contributed by atoms with Gasteiger partial charge in [0.05, 0.1) is 9.49 Å². The average molecular weight is 364 g/mol. The van der Waals surface area contributed by atoms with Crippen molar-refractivity contribution in [3.8, 4) is 11.3 Å². The van der Waals surface area contributed by atoms with Gasteiger partial charge in [0.25, 0.3) is 0 Å². The van der Waals surface area contributed by atoms with E-state index in [4.69, 9.17) is 9.15 Å². The molecule has 0 aliphatic rings. The molecule has 0 aliphatic heterocycles. The lowest BCUT2D eigenvalue weighted by molar-refractivity contribution is 0.199. The number of aromatic nitrogens is 1. The van der Waals surface area contributed by atoms with Crippen LogP contribution in [0.2, 0.25) is 0 Å². The highest BCUT2D eigenvalue weighted by Crippen LogP contribution is 2.28. The maximum atomic E-state index is 5.44. The van der Waals surface area contributed by atoms with Crippen LogP contribution in [0.15, 0.2) is 22.3 Å². The summed E-state index contributed by atoms with van der Waals surface area (Å²) in [5.74, 6) is 0.856. The van der Waals surface area contributed by atoms with Gasteiger partial charge < -0.3 is 14.5 Å². The highest BCUT2D eigenvalue weighted by molar-refractivity contribution is 14.1. The Kier molecular flexibility index (Phi) is 4.96. The molecule has 2 aromatic heterocycles. The Morgan fingerprint density at radius 2 is 2.47 bits per heavy atom. The van der Waals surface area contributed by atoms with Crippen molar-refractivity contribution in [1.29, 1.82) is 0 Å². The molecule has 0 saturated carbocycles. The fourth-order valence-electron chi connectivity index (χ4n) is 1.44. The molecule has 2 heterocycles. The van der Waals surface area contributed by atoms with Crippen LogP contribution in [0.4, 0.5) is 0 Å². The van der Waals surface area contributed by atoms with Crippen LogP contribution in [0, 0.1) is 2.88 Å². The molecule has 2 aromatic rings. The van der Waals surface area contributed by atoms with Crippen molar-refractivity contribution in [2.45, 2.75) is 6.54 Å². The van der Waals surface area contributed by atoms with E-state index in [-0.39, 0.29) is 0 Å². The van der Waals surface area contributed by atoms with Crippen molar-refractivity contribution in [2.75, 3.05) is 20.3 Å². The fraction of sp³-hybridized carbons (Fsp3) is 0.364. The number of hydrogen-bond donors (Lipinski definition) is 1. The van der Waals surface area contributed by atoms with E-state index in [1.165, 1.54) is 9.28 Å². The Morgan fingerprint density at radius 1 is 1.59 bits per heavy atom. The first-order chi connectivity index (χ1) is 8.31. The number of ether oxygens (including phenoxy) is 1. The van der Waals surface area contributed by atoms with E-state index in [9.17, 15) is 0 Å². The van der Waals surface area contributed by atoms with Crippen molar-refractivity contribution >= 4 is 33.9 Å². The summed E-state index contributed by atoms with van der Waals surface area (Å²) in [6.07, 6.45) is 1.49. The van der Waals surface area contributed by atoms with Crippen LogP contribution < -0.4 is 5.32 Å². The molecular weight excluding hydrogens is 351 g/mol. The second-order valence-electron chi connectivity index (χ2n) is 3.44. The number of rotatable bonds is 6. The monoisotopic (exact) mass is 364 g/mol. The molecule has 2 rings (SSSR count). The summed E-state index contributed by atoms with van der Waals surface area (Å²) in [4.78, 5) is 4.23. The molecule has 0 amide bonds. The molecule has 1 N–H and O–H groups in total. The average Bonchev–Trinajstić information content (AvgIpc) is 2.93. The first-order valence-electron chi connectivity index (χ1n) is 5.17. The lowest BCUT2D eigenvalue weighted by atomic mass is 10.2. The van der Waals surface area contributed by atoms with Crippen LogP contribution >= 0.6 is 33.9 Å². The van der Waals surface area contributed by atoms with Crippen LogP contribution in [-0.2, 0) is 11.3 Å². The fourth-order valence-corrected chi connectivity index (χ4v) is 2.77. The number of nitrogens with zero attached hydrogens (tertiary/aromatic N) is 1. The van der Waals surface area contributed by atoms with Gasteiger partial charge in [0, 0.05) is 31.1 Å². The first kappa shape index (κ1) is 13.0. The normalized spacial score (nSPS) is 10.9. The Bertz CT molecular complexity index is 469. The predicted octanol–water partition coefficient (Wildman–Crippen LogP) is 2.74. The summed E-state index contributed by atoms with van der Waals surface area (Å²) in [7, 11) is 1.69. The number of methoxy groups -OCH3 is 1. The highest BCUT2D eigenvalue weighted by Gasteiger charge is 2.11. The van der Waals surface area contributed by atoms with Crippen LogP contribution in [0.3, 0.4) is 0 Å². The largest absolute Gasteiger partial charge is 0.443 e. The SMILES string of the molecule is COCCNCc1ncoc1-c1csc(I)c1. The van der Waals surface area contributed by atoms with Gasteiger partial charge in [-0.2, -0.15) is 0 Å². The van der Waals surface area contributed by atoms with Gasteiger partial charge in [0.15, 0.2) is 12.2 Å². The number of nitrogens with one attached hydrogen (secondary N) is 1. The third-order valence-electron chi connectivity index (χ3n) is 2.25. The van der Waals surface area contributed by atoms with Crippen LogP contribution in [0.25, 0.3) is 11.3 Å². The van der Waals surface area contributed by atoms with Gasteiger partial charge in [0.2, 0.25) is 0 Å². The Balaban J connectivity index is 2.02. The molecular formula is C11H13IN2O2S. The second-order valence-corrected chi connectivity index (χ2v) is 6.24. The van der Waals surface area contributed by atoms with Crippen molar-refractivity contribution in [3.63, 3.8) is 0 Å². The van der Waals surface area contributed by atoms with E-state index in [1.807, 2.05) is 0 Å². The molecule has 0 unspecified atom stereocenters. The minimum absolute atomic E-state index is 0.696. The summed E-state index contributed by atoms with van der Waals surface area (Å²) in [5.41, 5.74) is 2.04. The summed E-state index contributed by atoms with van der Waals surface area (Å²) in [6.45, 7) is 2.20. The first-order valence-corrected chi connectivity index (χ1v) is 7.13. The van der Waals surface area contributed by atoms with Gasteiger partial charge in [-0.05, 0) is 28.7 Å². The number of hydrogen-bond acceptors (Lipinski definition) is 5. The lowest BCUT2D eigenvalue weighted by Crippen LogP contribution is -2.19. The van der Waals surface area contributed by atoms with Gasteiger partial charge in [0.1, 0.15) is 5.69 Å². The topological polar surface area (TPSA) is 47.3 Å². The molecule has 0 saturated heterocycles. The van der Waals surface area contributed by atoms with Gasteiger partial charge in [-0.1, -0.05) is 0 Å². The molecule has 17 heavy (non-hydrogen) atoms. The molecule has 0 aliphatic carbocycles. The second kappa shape index (κ2) is 6.48. The van der Waals surface area contributed by atoms with Gasteiger partial charge in [-0.15, -0.1) is 11.3 Å². The predicted molar refractivity (Wildman–Crippen MR) is 76.1 cm³/mol. The van der Waals surface area contributed by atoms with E-state index in [1.54, 1.807) is 18.4 Å². The Labute approximate surface area is 118 Å². The third-order valence-corrected chi connectivity index (χ3v) is 4.04. The zero-order valence-corrected chi connectivity index (χ0v) is 12.4. The minimum atomic E-state index is 0.696. The summed E-state index contributed by atoms with van der Waals surface area (Å²) in [5, 5.41) is 5.34. The maximum Gasteiger partial charge on any atom is 0.181 e. The quantitative estimate of drug-likeness (QED) is 0.633. The maximum absolute atomic E-state index is 5.44. The molecule has 0 aromatic carbocycles. The van der Waals surface area contributed by atoms with Crippen molar-refractivity contribution in [1.82, 2.24) is 10.3 Å². The summed E-state index contributed by atoms with van der Waals surface area (Å²) < 4.78 is 11.7. The zero-order valence-electron chi connectivity index (χ0n) is 9.40. The van der Waals surface area contributed by atoms with E-state index in [0.717, 1.165) is 23.6 Å². The molecule has 4 nitrogen and oxygen atoms in total. The van der Waals surface area contributed by atoms with E-state index < -0.39 is 0 Å². The smallest absolute Gasteiger partial charge is 0.181 e. The highest BCUT2D eigenvalue weighted by atomic mass is 127. The molecule has 0 fully saturated rings. The van der Waals surface area contributed by atoms with Gasteiger partial charge in [-0.25, -0.2) is 4.98 Å². The van der Waals surface area contributed by atoms with Crippen molar-refractivity contribution in [2.24, 2.45) is 0 Å². The van der Waals surface area contributed by atoms with Crippen LogP contribution in [0.1, 0.15) is 5.69 Å². The van der Waals surface area contributed by atoms with E-state index in [0.29, 0.717) is 13.2 Å². The van der Waals surface area contributed by atoms with Gasteiger partial charge >= 0.3 is 0 Å². The Hall–Kier alpha value is -0.440. The van der Waals surface area contributed by atoms with Crippen molar-refractivity contribution < 1.29 is 9.15 Å². The number of oxazole rings is 1. The summed E-state index contributed by atoms with van der Waals surface area (Å²) >= 11 is 4.00. The van der Waals surface area contributed by atoms with Crippen LogP contribution in [0.5, 0.6) is 0 Å². The molecule has 0 radical (unpaired) electrons. The number of thiophene rings is 1. The van der Waals surface area contributed by atoms with Crippen molar-refractivity contribution in [3.05, 3.63) is 26.4 Å². The van der Waals surface area contributed by atoms with E-state index in [2.05, 4.69) is 44.3 Å². The van der Waals surface area contributed by atoms with E-state index >= 15 is 0 Å².